The molecule has 0 unspecified atom stereocenters. The lowest BCUT2D eigenvalue weighted by molar-refractivity contribution is -0.128. The van der Waals surface area contributed by atoms with Crippen molar-refractivity contribution in [2.24, 2.45) is 0 Å². The Morgan fingerprint density at radius 3 is 2.64 bits per heavy atom. The highest BCUT2D eigenvalue weighted by Gasteiger charge is 2.36. The Hall–Kier alpha value is -2.28. The molecule has 3 rings (SSSR count). The molecule has 132 valence electrons. The first-order valence-electron chi connectivity index (χ1n) is 8.20. The van der Waals surface area contributed by atoms with Gasteiger partial charge in [-0.05, 0) is 24.6 Å². The van der Waals surface area contributed by atoms with E-state index in [0.717, 1.165) is 5.01 Å². The van der Waals surface area contributed by atoms with Crippen molar-refractivity contribution in [3.05, 3.63) is 51.2 Å². The predicted molar refractivity (Wildman–Crippen MR) is 94.1 cm³/mol. The normalized spacial score (nSPS) is 17.7. The maximum atomic E-state index is 13.2. The minimum atomic E-state index is -0.758. The average molecular weight is 361 g/mol. The lowest BCUT2D eigenvalue weighted by Gasteiger charge is -2.35. The number of hydrogen-bond acceptors (Lipinski definition) is 4. The first-order chi connectivity index (χ1) is 11.9. The topological polar surface area (TPSA) is 62.3 Å². The van der Waals surface area contributed by atoms with Crippen LogP contribution in [-0.2, 0) is 4.79 Å². The summed E-state index contributed by atoms with van der Waals surface area (Å²) in [6.07, 6.45) is 0. The zero-order valence-corrected chi connectivity index (χ0v) is 15.2. The number of piperazine rings is 1. The van der Waals surface area contributed by atoms with Crippen LogP contribution < -0.4 is 5.32 Å². The van der Waals surface area contributed by atoms with E-state index < -0.39 is 6.04 Å². The molecule has 7 heteroatoms. The van der Waals surface area contributed by atoms with Gasteiger partial charge < -0.3 is 10.2 Å². The summed E-state index contributed by atoms with van der Waals surface area (Å²) in [4.78, 5) is 32.1. The second kappa shape index (κ2) is 6.92. The molecule has 0 bridgehead atoms. The Kier molecular flexibility index (Phi) is 4.85. The van der Waals surface area contributed by atoms with Crippen LogP contribution in [0.15, 0.2) is 24.3 Å². The third-order valence-electron chi connectivity index (χ3n) is 4.16. The van der Waals surface area contributed by atoms with Gasteiger partial charge in [-0.2, -0.15) is 0 Å². The van der Waals surface area contributed by atoms with Crippen molar-refractivity contribution in [1.29, 1.82) is 0 Å². The van der Waals surface area contributed by atoms with E-state index in [-0.39, 0.29) is 23.5 Å². The first kappa shape index (κ1) is 17.5. The third-order valence-corrected chi connectivity index (χ3v) is 5.61. The van der Waals surface area contributed by atoms with Crippen LogP contribution in [0.1, 0.15) is 51.7 Å². The molecule has 0 radical (unpaired) electrons. The molecule has 25 heavy (non-hydrogen) atoms. The fraction of sp³-hybridized carbons (Fsp3) is 0.389. The van der Waals surface area contributed by atoms with Crippen molar-refractivity contribution in [2.45, 2.75) is 32.7 Å². The zero-order chi connectivity index (χ0) is 18.1. The number of halogens is 1. The summed E-state index contributed by atoms with van der Waals surface area (Å²) < 4.78 is 13.2. The van der Waals surface area contributed by atoms with Gasteiger partial charge in [0.2, 0.25) is 5.91 Å². The molecule has 1 aliphatic rings. The highest BCUT2D eigenvalue weighted by molar-refractivity contribution is 7.13. The number of aryl methyl sites for hydroxylation is 1. The summed E-state index contributed by atoms with van der Waals surface area (Å²) in [6.45, 7) is 6.68. The third kappa shape index (κ3) is 3.42. The number of amides is 2. The largest absolute Gasteiger partial charge is 0.352 e. The number of benzene rings is 1. The number of thiazole rings is 1. The van der Waals surface area contributed by atoms with Crippen LogP contribution in [0.2, 0.25) is 0 Å². The Bertz CT molecular complexity index is 801. The molecule has 1 fully saturated rings. The summed E-state index contributed by atoms with van der Waals surface area (Å²) in [6, 6.07) is 4.93. The molecule has 2 aromatic rings. The quantitative estimate of drug-likeness (QED) is 0.914. The van der Waals surface area contributed by atoms with Crippen LogP contribution in [0.5, 0.6) is 0 Å². The monoisotopic (exact) mass is 361 g/mol. The minimum Gasteiger partial charge on any atom is -0.352 e. The molecule has 0 spiro atoms. The van der Waals surface area contributed by atoms with Gasteiger partial charge in [0, 0.05) is 19.0 Å². The number of carbonyl (C=O) groups is 2. The van der Waals surface area contributed by atoms with E-state index in [1.54, 1.807) is 17.0 Å². The van der Waals surface area contributed by atoms with E-state index in [1.165, 1.54) is 23.5 Å². The Balaban J connectivity index is 1.96. The Morgan fingerprint density at radius 1 is 1.36 bits per heavy atom. The average Bonchev–Trinajstić information content (AvgIpc) is 2.97. The lowest BCUT2D eigenvalue weighted by Crippen LogP contribution is -2.52. The van der Waals surface area contributed by atoms with Crippen LogP contribution in [0.25, 0.3) is 0 Å². The number of aromatic nitrogens is 1. The molecule has 1 saturated heterocycles. The van der Waals surface area contributed by atoms with Crippen molar-refractivity contribution < 1.29 is 14.0 Å². The van der Waals surface area contributed by atoms with Crippen molar-refractivity contribution >= 4 is 23.2 Å². The smallest absolute Gasteiger partial charge is 0.266 e. The van der Waals surface area contributed by atoms with Crippen LogP contribution in [-0.4, -0.2) is 34.8 Å². The second-order valence-corrected chi connectivity index (χ2v) is 7.40. The van der Waals surface area contributed by atoms with E-state index in [9.17, 15) is 14.0 Å². The van der Waals surface area contributed by atoms with E-state index in [4.69, 9.17) is 0 Å². The Morgan fingerprint density at radius 2 is 2.04 bits per heavy atom. The summed E-state index contributed by atoms with van der Waals surface area (Å²) in [7, 11) is 0. The van der Waals surface area contributed by atoms with Gasteiger partial charge in [-0.1, -0.05) is 26.0 Å². The number of carbonyl (C=O) groups excluding carboxylic acids is 2. The molecule has 5 nitrogen and oxygen atoms in total. The highest BCUT2D eigenvalue weighted by Crippen LogP contribution is 2.30. The number of nitrogens with one attached hydrogen (secondary N) is 1. The summed E-state index contributed by atoms with van der Waals surface area (Å²) >= 11 is 1.38. The van der Waals surface area contributed by atoms with Gasteiger partial charge in [-0.3, -0.25) is 9.59 Å². The fourth-order valence-corrected chi connectivity index (χ4v) is 3.88. The molecule has 1 aromatic heterocycles. The van der Waals surface area contributed by atoms with E-state index in [2.05, 4.69) is 10.3 Å². The molecule has 2 heterocycles. The lowest BCUT2D eigenvalue weighted by atomic mass is 10.0. The molecular weight excluding hydrogens is 341 g/mol. The molecule has 0 aliphatic carbocycles. The molecule has 2 amide bonds. The van der Waals surface area contributed by atoms with Crippen molar-refractivity contribution in [2.75, 3.05) is 13.1 Å². The van der Waals surface area contributed by atoms with E-state index >= 15 is 0 Å². The van der Waals surface area contributed by atoms with Crippen molar-refractivity contribution in [1.82, 2.24) is 15.2 Å². The van der Waals surface area contributed by atoms with Crippen LogP contribution in [0.3, 0.4) is 0 Å². The number of rotatable bonds is 3. The van der Waals surface area contributed by atoms with Gasteiger partial charge in [0.05, 0.1) is 10.7 Å². The number of hydrogen-bond donors (Lipinski definition) is 1. The highest BCUT2D eigenvalue weighted by atomic mass is 32.1. The van der Waals surface area contributed by atoms with Crippen molar-refractivity contribution in [3.8, 4) is 0 Å². The van der Waals surface area contributed by atoms with Gasteiger partial charge in [0.25, 0.3) is 5.91 Å². The van der Waals surface area contributed by atoms with Gasteiger partial charge in [0.1, 0.15) is 16.7 Å². The molecule has 1 aromatic carbocycles. The molecule has 1 N–H and O–H groups in total. The van der Waals surface area contributed by atoms with Gasteiger partial charge in [-0.25, -0.2) is 9.37 Å². The summed E-state index contributed by atoms with van der Waals surface area (Å²) in [5.74, 6) is -0.593. The zero-order valence-electron chi connectivity index (χ0n) is 14.4. The standard InChI is InChI=1S/C18H20FN3O2S/c1-10(2)17-21-11(3)15(25-17)18(24)22-9-8-20-16(23)14(22)12-4-6-13(19)7-5-12/h4-7,10,14H,8-9H2,1-3H3,(H,20,23)/t14-/m1/s1. The maximum Gasteiger partial charge on any atom is 0.266 e. The number of nitrogens with zero attached hydrogens (tertiary/aromatic N) is 2. The fourth-order valence-electron chi connectivity index (χ4n) is 2.86. The van der Waals surface area contributed by atoms with Crippen LogP contribution in [0.4, 0.5) is 4.39 Å². The molecule has 0 saturated carbocycles. The molecule has 1 atom stereocenters. The van der Waals surface area contributed by atoms with E-state index in [0.29, 0.717) is 29.2 Å². The van der Waals surface area contributed by atoms with E-state index in [1.807, 2.05) is 20.8 Å². The van der Waals surface area contributed by atoms with Gasteiger partial charge in [-0.15, -0.1) is 11.3 Å². The minimum absolute atomic E-state index is 0.203. The van der Waals surface area contributed by atoms with Gasteiger partial charge >= 0.3 is 0 Å². The maximum absolute atomic E-state index is 13.2. The van der Waals surface area contributed by atoms with Gasteiger partial charge in [0.15, 0.2) is 0 Å². The molecule has 1 aliphatic heterocycles. The first-order valence-corrected chi connectivity index (χ1v) is 9.01. The SMILES string of the molecule is Cc1nc(C(C)C)sc1C(=O)N1CCNC(=O)[C@H]1c1ccc(F)cc1. The summed E-state index contributed by atoms with van der Waals surface area (Å²) in [5, 5.41) is 3.68. The van der Waals surface area contributed by atoms with Crippen molar-refractivity contribution in [3.63, 3.8) is 0 Å². The second-order valence-electron chi connectivity index (χ2n) is 6.37. The van der Waals surface area contributed by atoms with Crippen LogP contribution in [0, 0.1) is 12.7 Å². The van der Waals surface area contributed by atoms with Crippen LogP contribution >= 0.6 is 11.3 Å². The summed E-state index contributed by atoms with van der Waals surface area (Å²) in [5.41, 5.74) is 1.28. The Labute approximate surface area is 149 Å². The predicted octanol–water partition coefficient (Wildman–Crippen LogP) is 3.03. The molecular formula is C18H20FN3O2S.